The Bertz CT molecular complexity index is 508. The number of aliphatic hydroxyl groups is 1. The Hall–Kier alpha value is -0.300. The maximum atomic E-state index is 12.4. The summed E-state index contributed by atoms with van der Waals surface area (Å²) in [5.74, 6) is -1.33. The maximum Gasteiger partial charge on any atom is 0.406 e. The predicted octanol–water partition coefficient (Wildman–Crippen LogP) is 2.60. The van der Waals surface area contributed by atoms with Crippen LogP contribution in [0.15, 0.2) is 12.1 Å². The molecule has 20 heavy (non-hydrogen) atoms. The molecule has 1 aromatic carbocycles. The number of amides is 1. The Morgan fingerprint density at radius 2 is 1.90 bits per heavy atom. The molecular formula is C11H10F3I2NO3. The van der Waals surface area contributed by atoms with E-state index in [1.807, 2.05) is 22.6 Å². The summed E-state index contributed by atoms with van der Waals surface area (Å²) in [4.78, 5) is 12.5. The summed E-state index contributed by atoms with van der Waals surface area (Å²) < 4.78 is 38.3. The second-order valence-electron chi connectivity index (χ2n) is 3.85. The lowest BCUT2D eigenvalue weighted by Gasteiger charge is -2.23. The van der Waals surface area contributed by atoms with Gasteiger partial charge < -0.3 is 15.1 Å². The molecule has 0 aliphatic heterocycles. The molecule has 0 aromatic heterocycles. The van der Waals surface area contributed by atoms with Gasteiger partial charge in [0.25, 0.3) is 5.91 Å². The largest absolute Gasteiger partial charge is 0.506 e. The smallest absolute Gasteiger partial charge is 0.406 e. The van der Waals surface area contributed by atoms with Crippen LogP contribution in [0.1, 0.15) is 10.4 Å². The first-order valence-corrected chi connectivity index (χ1v) is 7.46. The number of phenolic OH excluding ortho intramolecular Hbond substituents is 1. The molecule has 4 nitrogen and oxygen atoms in total. The average Bonchev–Trinajstić information content (AvgIpc) is 2.30. The number of rotatable bonds is 4. The highest BCUT2D eigenvalue weighted by Crippen LogP contribution is 2.28. The predicted molar refractivity (Wildman–Crippen MR) is 82.6 cm³/mol. The lowest BCUT2D eigenvalue weighted by atomic mass is 10.1. The molecule has 0 heterocycles. The summed E-state index contributed by atoms with van der Waals surface area (Å²) >= 11 is 3.68. The van der Waals surface area contributed by atoms with Gasteiger partial charge in [0.2, 0.25) is 0 Å². The van der Waals surface area contributed by atoms with Gasteiger partial charge in [-0.3, -0.25) is 4.79 Å². The molecular weight excluding hydrogens is 505 g/mol. The van der Waals surface area contributed by atoms with Gasteiger partial charge in [-0.05, 0) is 57.3 Å². The normalized spacial score (nSPS) is 11.5. The molecule has 0 atom stereocenters. The van der Waals surface area contributed by atoms with E-state index >= 15 is 0 Å². The number of aromatic hydroxyl groups is 1. The third kappa shape index (κ3) is 4.91. The summed E-state index contributed by atoms with van der Waals surface area (Å²) in [7, 11) is 0. The fraction of sp³-hybridized carbons (Fsp3) is 0.364. The second kappa shape index (κ2) is 7.11. The third-order valence-electron chi connectivity index (χ3n) is 2.29. The molecule has 2 N–H and O–H groups in total. The van der Waals surface area contributed by atoms with Crippen LogP contribution in [0.2, 0.25) is 0 Å². The number of carbonyl (C=O) groups excluding carboxylic acids is 1. The van der Waals surface area contributed by atoms with Gasteiger partial charge in [0.1, 0.15) is 12.3 Å². The Labute approximate surface area is 140 Å². The topological polar surface area (TPSA) is 60.8 Å². The summed E-state index contributed by atoms with van der Waals surface area (Å²) in [6.07, 6.45) is -4.57. The number of aliphatic hydroxyl groups excluding tert-OH is 1. The molecule has 0 aliphatic rings. The van der Waals surface area contributed by atoms with Crippen LogP contribution in [-0.4, -0.2) is 46.9 Å². The molecule has 0 fully saturated rings. The van der Waals surface area contributed by atoms with Crippen molar-refractivity contribution in [3.63, 3.8) is 0 Å². The summed E-state index contributed by atoms with van der Waals surface area (Å²) in [5, 5.41) is 18.6. The third-order valence-corrected chi connectivity index (χ3v) is 3.73. The van der Waals surface area contributed by atoms with E-state index in [2.05, 4.69) is 0 Å². The number of halogens is 5. The fourth-order valence-corrected chi connectivity index (χ4v) is 3.33. The van der Waals surface area contributed by atoms with Crippen LogP contribution in [0.4, 0.5) is 13.2 Å². The zero-order valence-electron chi connectivity index (χ0n) is 9.92. The molecule has 0 unspecified atom stereocenters. The maximum absolute atomic E-state index is 12.4. The van der Waals surface area contributed by atoms with Gasteiger partial charge in [-0.15, -0.1) is 0 Å². The lowest BCUT2D eigenvalue weighted by Crippen LogP contribution is -2.40. The first kappa shape index (κ1) is 17.8. The van der Waals surface area contributed by atoms with Crippen LogP contribution < -0.4 is 0 Å². The number of nitrogens with zero attached hydrogens (tertiary/aromatic N) is 1. The van der Waals surface area contributed by atoms with Crippen molar-refractivity contribution in [3.05, 3.63) is 24.8 Å². The molecule has 0 saturated carbocycles. The Balaban J connectivity index is 3.12. The van der Waals surface area contributed by atoms with Crippen molar-refractivity contribution in [3.8, 4) is 5.75 Å². The summed E-state index contributed by atoms with van der Waals surface area (Å²) in [6, 6.07) is 2.90. The number of hydrogen-bond donors (Lipinski definition) is 2. The number of alkyl halides is 3. The van der Waals surface area contributed by atoms with E-state index in [4.69, 9.17) is 5.11 Å². The van der Waals surface area contributed by atoms with E-state index in [9.17, 15) is 23.1 Å². The van der Waals surface area contributed by atoms with Crippen molar-refractivity contribution < 1.29 is 28.2 Å². The van der Waals surface area contributed by atoms with Crippen molar-refractivity contribution in [1.29, 1.82) is 0 Å². The molecule has 1 aromatic rings. The van der Waals surface area contributed by atoms with Gasteiger partial charge in [-0.25, -0.2) is 0 Å². The monoisotopic (exact) mass is 515 g/mol. The van der Waals surface area contributed by atoms with Crippen LogP contribution in [0.25, 0.3) is 0 Å². The van der Waals surface area contributed by atoms with Crippen LogP contribution >= 0.6 is 45.2 Å². The highest BCUT2D eigenvalue weighted by molar-refractivity contribution is 14.1. The zero-order valence-corrected chi connectivity index (χ0v) is 14.2. The quantitative estimate of drug-likeness (QED) is 0.607. The van der Waals surface area contributed by atoms with Crippen molar-refractivity contribution in [2.24, 2.45) is 0 Å². The SMILES string of the molecule is O=C(c1cc(I)cc(I)c1O)N(CCO)CC(F)(F)F. The van der Waals surface area contributed by atoms with E-state index in [1.165, 1.54) is 6.07 Å². The number of carbonyl (C=O) groups is 1. The Kier molecular flexibility index (Phi) is 6.31. The molecule has 0 saturated heterocycles. The summed E-state index contributed by atoms with van der Waals surface area (Å²) in [6.45, 7) is -2.53. The zero-order chi connectivity index (χ0) is 15.5. The van der Waals surface area contributed by atoms with Gasteiger partial charge in [0.15, 0.2) is 0 Å². The standard InChI is InChI=1S/C11H10F3I2NO3/c12-11(13,14)5-17(1-2-18)10(20)7-3-6(15)4-8(16)9(7)19/h3-4,18-19H,1-2,5H2. The van der Waals surface area contributed by atoms with Gasteiger partial charge in [0, 0.05) is 10.1 Å². The van der Waals surface area contributed by atoms with Crippen LogP contribution in [-0.2, 0) is 0 Å². The van der Waals surface area contributed by atoms with Crippen LogP contribution in [0, 0.1) is 7.14 Å². The minimum absolute atomic E-state index is 0.209. The Morgan fingerprint density at radius 3 is 2.40 bits per heavy atom. The first-order valence-electron chi connectivity index (χ1n) is 5.30. The number of hydrogen-bond acceptors (Lipinski definition) is 3. The minimum Gasteiger partial charge on any atom is -0.506 e. The van der Waals surface area contributed by atoms with Gasteiger partial charge in [0.05, 0.1) is 15.7 Å². The first-order chi connectivity index (χ1) is 9.15. The fourth-order valence-electron chi connectivity index (χ4n) is 1.49. The summed E-state index contributed by atoms with van der Waals surface area (Å²) in [5.41, 5.74) is -0.209. The van der Waals surface area contributed by atoms with Crippen molar-refractivity contribution >= 4 is 51.1 Å². The van der Waals surface area contributed by atoms with Gasteiger partial charge in [-0.2, -0.15) is 13.2 Å². The van der Waals surface area contributed by atoms with Gasteiger partial charge in [-0.1, -0.05) is 0 Å². The molecule has 0 aliphatic carbocycles. The van der Waals surface area contributed by atoms with Gasteiger partial charge >= 0.3 is 6.18 Å². The number of phenols is 1. The molecule has 1 amide bonds. The molecule has 112 valence electrons. The molecule has 0 radical (unpaired) electrons. The molecule has 0 spiro atoms. The van der Waals surface area contributed by atoms with E-state index < -0.39 is 31.8 Å². The van der Waals surface area contributed by atoms with Crippen molar-refractivity contribution in [1.82, 2.24) is 4.90 Å². The van der Waals surface area contributed by atoms with Crippen LogP contribution in [0.5, 0.6) is 5.75 Å². The van der Waals surface area contributed by atoms with Crippen molar-refractivity contribution in [2.45, 2.75) is 6.18 Å². The minimum atomic E-state index is -4.57. The lowest BCUT2D eigenvalue weighted by molar-refractivity contribution is -0.141. The van der Waals surface area contributed by atoms with E-state index in [-0.39, 0.29) is 11.3 Å². The number of benzene rings is 1. The molecule has 1 rings (SSSR count). The highest BCUT2D eigenvalue weighted by Gasteiger charge is 2.34. The molecule has 0 bridgehead atoms. The average molecular weight is 515 g/mol. The van der Waals surface area contributed by atoms with Crippen molar-refractivity contribution in [2.75, 3.05) is 19.7 Å². The Morgan fingerprint density at radius 1 is 1.30 bits per heavy atom. The second-order valence-corrected chi connectivity index (χ2v) is 6.26. The van der Waals surface area contributed by atoms with Crippen LogP contribution in [0.3, 0.4) is 0 Å². The molecule has 9 heteroatoms. The van der Waals surface area contributed by atoms with E-state index in [0.717, 1.165) is 0 Å². The van der Waals surface area contributed by atoms with E-state index in [0.29, 0.717) is 12.0 Å². The highest BCUT2D eigenvalue weighted by atomic mass is 127. The van der Waals surface area contributed by atoms with E-state index in [1.54, 1.807) is 28.7 Å².